The summed E-state index contributed by atoms with van der Waals surface area (Å²) in [5.74, 6) is -0.691. The van der Waals surface area contributed by atoms with E-state index in [4.69, 9.17) is 0 Å². The van der Waals surface area contributed by atoms with Gasteiger partial charge in [0.1, 0.15) is 5.69 Å². The van der Waals surface area contributed by atoms with Gasteiger partial charge < -0.3 is 15.5 Å². The minimum atomic E-state index is -0.259. The molecule has 0 atom stereocenters. The molecule has 0 aliphatic carbocycles. The predicted octanol–water partition coefficient (Wildman–Crippen LogP) is 4.58. The lowest BCUT2D eigenvalue weighted by Crippen LogP contribution is -2.39. The SMILES string of the molecule is O=C(CCNC(=O)c1cccc2ccccc12)NCCN(C(=O)c1ccc(Br)cn1)c1ccccc1. The maximum atomic E-state index is 13.1. The Kier molecular flexibility index (Phi) is 8.41. The van der Waals surface area contributed by atoms with Gasteiger partial charge in [-0.15, -0.1) is 0 Å². The van der Waals surface area contributed by atoms with Gasteiger partial charge in [0, 0.05) is 48.0 Å². The van der Waals surface area contributed by atoms with Gasteiger partial charge in [-0.3, -0.25) is 14.4 Å². The molecule has 3 amide bonds. The molecule has 1 aromatic heterocycles. The first kappa shape index (κ1) is 25.1. The topological polar surface area (TPSA) is 91.4 Å². The third-order valence-corrected chi connectivity index (χ3v) is 6.06. The van der Waals surface area contributed by atoms with Crippen LogP contribution in [0, 0.1) is 0 Å². The van der Waals surface area contributed by atoms with E-state index in [0.29, 0.717) is 16.9 Å². The Hall–Kier alpha value is -4.04. The summed E-state index contributed by atoms with van der Waals surface area (Å²) >= 11 is 3.33. The van der Waals surface area contributed by atoms with Gasteiger partial charge in [0.25, 0.3) is 11.8 Å². The summed E-state index contributed by atoms with van der Waals surface area (Å²) in [6.45, 7) is 0.736. The van der Waals surface area contributed by atoms with Crippen LogP contribution in [0.4, 0.5) is 5.69 Å². The Morgan fingerprint density at radius 3 is 2.33 bits per heavy atom. The van der Waals surface area contributed by atoms with E-state index in [1.54, 1.807) is 29.3 Å². The van der Waals surface area contributed by atoms with E-state index in [2.05, 4.69) is 31.5 Å². The van der Waals surface area contributed by atoms with E-state index in [1.165, 1.54) is 0 Å². The van der Waals surface area contributed by atoms with Crippen LogP contribution >= 0.6 is 15.9 Å². The average Bonchev–Trinajstić information content (AvgIpc) is 2.91. The molecule has 0 unspecified atom stereocenters. The molecule has 0 radical (unpaired) electrons. The molecule has 0 aliphatic rings. The van der Waals surface area contributed by atoms with Crippen molar-refractivity contribution in [3.05, 3.63) is 107 Å². The standard InChI is InChI=1S/C28H25BrN4O3/c29-21-13-14-25(32-19-21)28(36)33(22-9-2-1-3-10-22)18-17-30-26(34)15-16-31-27(35)24-12-6-8-20-7-4-5-11-23(20)24/h1-14,19H,15-18H2,(H,30,34)(H,31,35). The quantitative estimate of drug-likeness (QED) is 0.322. The van der Waals surface area contributed by atoms with Gasteiger partial charge in [-0.05, 0) is 57.0 Å². The van der Waals surface area contributed by atoms with Crippen molar-refractivity contribution >= 4 is 50.1 Å². The second-order valence-electron chi connectivity index (χ2n) is 8.04. The molecule has 36 heavy (non-hydrogen) atoms. The average molecular weight is 545 g/mol. The van der Waals surface area contributed by atoms with Gasteiger partial charge in [-0.2, -0.15) is 0 Å². The molecule has 7 nitrogen and oxygen atoms in total. The third kappa shape index (κ3) is 6.34. The highest BCUT2D eigenvalue weighted by Gasteiger charge is 2.19. The van der Waals surface area contributed by atoms with Gasteiger partial charge >= 0.3 is 0 Å². The van der Waals surface area contributed by atoms with Crippen molar-refractivity contribution in [2.75, 3.05) is 24.5 Å². The van der Waals surface area contributed by atoms with Crippen LogP contribution in [-0.4, -0.2) is 42.3 Å². The second kappa shape index (κ2) is 12.1. The predicted molar refractivity (Wildman–Crippen MR) is 144 cm³/mol. The zero-order chi connectivity index (χ0) is 25.3. The normalized spacial score (nSPS) is 10.6. The monoisotopic (exact) mass is 544 g/mol. The highest BCUT2D eigenvalue weighted by Crippen LogP contribution is 2.19. The minimum Gasteiger partial charge on any atom is -0.354 e. The Balaban J connectivity index is 1.29. The van der Waals surface area contributed by atoms with E-state index in [-0.39, 0.29) is 43.8 Å². The highest BCUT2D eigenvalue weighted by atomic mass is 79.9. The molecule has 2 N–H and O–H groups in total. The minimum absolute atomic E-state index is 0.129. The van der Waals surface area contributed by atoms with Crippen molar-refractivity contribution in [1.29, 1.82) is 0 Å². The molecule has 182 valence electrons. The Labute approximate surface area is 217 Å². The number of carbonyl (C=O) groups excluding carboxylic acids is 3. The Morgan fingerprint density at radius 1 is 0.806 bits per heavy atom. The molecule has 3 aromatic carbocycles. The van der Waals surface area contributed by atoms with E-state index < -0.39 is 0 Å². The highest BCUT2D eigenvalue weighted by molar-refractivity contribution is 9.10. The number of hydrogen-bond donors (Lipinski definition) is 2. The van der Waals surface area contributed by atoms with Crippen LogP contribution in [-0.2, 0) is 4.79 Å². The van der Waals surface area contributed by atoms with E-state index in [1.807, 2.05) is 66.7 Å². The smallest absolute Gasteiger partial charge is 0.276 e. The largest absolute Gasteiger partial charge is 0.354 e. The first-order valence-corrected chi connectivity index (χ1v) is 12.3. The number of nitrogens with zero attached hydrogens (tertiary/aromatic N) is 2. The molecule has 0 saturated heterocycles. The summed E-state index contributed by atoms with van der Waals surface area (Å²) in [4.78, 5) is 43.9. The van der Waals surface area contributed by atoms with E-state index >= 15 is 0 Å². The number of amides is 3. The number of halogens is 1. The van der Waals surface area contributed by atoms with E-state index in [9.17, 15) is 14.4 Å². The van der Waals surface area contributed by atoms with Crippen molar-refractivity contribution in [1.82, 2.24) is 15.6 Å². The summed E-state index contributed by atoms with van der Waals surface area (Å²) in [7, 11) is 0. The third-order valence-electron chi connectivity index (χ3n) is 5.59. The molecule has 0 saturated carbocycles. The Morgan fingerprint density at radius 2 is 1.56 bits per heavy atom. The fraction of sp³-hybridized carbons (Fsp3) is 0.143. The maximum Gasteiger partial charge on any atom is 0.276 e. The van der Waals surface area contributed by atoms with Crippen molar-refractivity contribution < 1.29 is 14.4 Å². The van der Waals surface area contributed by atoms with Crippen LogP contribution in [0.2, 0.25) is 0 Å². The number of para-hydroxylation sites is 1. The fourth-order valence-corrected chi connectivity index (χ4v) is 4.03. The molecular weight excluding hydrogens is 520 g/mol. The van der Waals surface area contributed by atoms with Gasteiger partial charge in [0.15, 0.2) is 0 Å². The molecule has 8 heteroatoms. The molecule has 4 aromatic rings. The number of fused-ring (bicyclic) bond motifs is 1. The number of hydrogen-bond acceptors (Lipinski definition) is 4. The zero-order valence-corrected chi connectivity index (χ0v) is 21.1. The lowest BCUT2D eigenvalue weighted by molar-refractivity contribution is -0.120. The summed E-state index contributed by atoms with van der Waals surface area (Å²) in [6, 6.07) is 25.9. The molecular formula is C28H25BrN4O3. The second-order valence-corrected chi connectivity index (χ2v) is 8.95. The maximum absolute atomic E-state index is 13.1. The van der Waals surface area contributed by atoms with Gasteiger partial charge in [-0.1, -0.05) is 54.6 Å². The number of rotatable bonds is 9. The fourth-order valence-electron chi connectivity index (χ4n) is 3.80. The summed E-state index contributed by atoms with van der Waals surface area (Å²) < 4.78 is 0.783. The van der Waals surface area contributed by atoms with Gasteiger partial charge in [-0.25, -0.2) is 4.98 Å². The molecule has 0 bridgehead atoms. The number of carbonyl (C=O) groups is 3. The molecule has 0 fully saturated rings. The van der Waals surface area contributed by atoms with Crippen LogP contribution in [0.5, 0.6) is 0 Å². The van der Waals surface area contributed by atoms with Crippen LogP contribution in [0.15, 0.2) is 95.6 Å². The Bertz CT molecular complexity index is 1360. The number of nitrogens with one attached hydrogen (secondary N) is 2. The molecule has 0 aliphatic heterocycles. The van der Waals surface area contributed by atoms with Crippen LogP contribution in [0.25, 0.3) is 10.8 Å². The van der Waals surface area contributed by atoms with Gasteiger partial charge in [0.05, 0.1) is 0 Å². The van der Waals surface area contributed by atoms with Crippen molar-refractivity contribution in [2.45, 2.75) is 6.42 Å². The summed E-state index contributed by atoms with van der Waals surface area (Å²) in [6.07, 6.45) is 1.70. The summed E-state index contributed by atoms with van der Waals surface area (Å²) in [5, 5.41) is 7.50. The first-order valence-electron chi connectivity index (χ1n) is 11.5. The number of pyridine rings is 1. The van der Waals surface area contributed by atoms with Crippen molar-refractivity contribution in [3.63, 3.8) is 0 Å². The van der Waals surface area contributed by atoms with E-state index in [0.717, 1.165) is 15.2 Å². The van der Waals surface area contributed by atoms with Crippen LogP contribution in [0.3, 0.4) is 0 Å². The van der Waals surface area contributed by atoms with Crippen molar-refractivity contribution in [3.8, 4) is 0 Å². The lowest BCUT2D eigenvalue weighted by atomic mass is 10.0. The van der Waals surface area contributed by atoms with Crippen molar-refractivity contribution in [2.24, 2.45) is 0 Å². The first-order chi connectivity index (χ1) is 17.5. The molecule has 1 heterocycles. The van der Waals surface area contributed by atoms with Gasteiger partial charge in [0.2, 0.25) is 5.91 Å². The van der Waals surface area contributed by atoms with Crippen LogP contribution in [0.1, 0.15) is 27.3 Å². The summed E-state index contributed by atoms with van der Waals surface area (Å²) in [5.41, 5.74) is 1.60. The zero-order valence-electron chi connectivity index (χ0n) is 19.5. The number of benzene rings is 3. The molecule has 0 spiro atoms. The van der Waals surface area contributed by atoms with Crippen LogP contribution < -0.4 is 15.5 Å². The molecule has 4 rings (SSSR count). The number of anilines is 1. The number of aromatic nitrogens is 1. The lowest BCUT2D eigenvalue weighted by Gasteiger charge is -2.22.